The van der Waals surface area contributed by atoms with Crippen molar-refractivity contribution in [2.24, 2.45) is 0 Å². The van der Waals surface area contributed by atoms with E-state index in [-0.39, 0.29) is 5.03 Å². The van der Waals surface area contributed by atoms with Gasteiger partial charge in [0, 0.05) is 6.26 Å². The molecule has 7 heteroatoms. The summed E-state index contributed by atoms with van der Waals surface area (Å²) >= 11 is 3.22. The number of anilines is 1. The summed E-state index contributed by atoms with van der Waals surface area (Å²) in [6, 6.07) is 6.79. The Morgan fingerprint density at radius 2 is 2.11 bits per heavy atom. The highest BCUT2D eigenvalue weighted by Crippen LogP contribution is 2.16. The van der Waals surface area contributed by atoms with Gasteiger partial charge in [-0.1, -0.05) is 0 Å². The van der Waals surface area contributed by atoms with E-state index in [1.807, 2.05) is 12.1 Å². The average Bonchev–Trinajstić information content (AvgIpc) is 2.72. The van der Waals surface area contributed by atoms with Crippen molar-refractivity contribution >= 4 is 31.5 Å². The molecular formula is C11H11BrN2O3S. The molecule has 0 aliphatic heterocycles. The Labute approximate surface area is 113 Å². The predicted molar refractivity (Wildman–Crippen MR) is 71.1 cm³/mol. The number of nitrogens with one attached hydrogen (secondary N) is 1. The van der Waals surface area contributed by atoms with E-state index in [0.717, 1.165) is 17.7 Å². The Bertz CT molecular complexity index is 635. The van der Waals surface area contributed by atoms with Gasteiger partial charge in [-0.3, -0.25) is 0 Å². The first-order valence-corrected chi connectivity index (χ1v) is 7.78. The Balaban J connectivity index is 2.03. The number of hydrogen-bond donors (Lipinski definition) is 1. The first kappa shape index (κ1) is 13.1. The van der Waals surface area contributed by atoms with Crippen LogP contribution in [0.3, 0.4) is 0 Å². The van der Waals surface area contributed by atoms with Crippen LogP contribution in [0.4, 0.5) is 5.69 Å². The van der Waals surface area contributed by atoms with E-state index >= 15 is 0 Å². The lowest BCUT2D eigenvalue weighted by atomic mass is 10.4. The fourth-order valence-corrected chi connectivity index (χ4v) is 2.24. The topological polar surface area (TPSA) is 72.2 Å². The zero-order valence-electron chi connectivity index (χ0n) is 9.55. The van der Waals surface area contributed by atoms with Gasteiger partial charge in [0.2, 0.25) is 0 Å². The van der Waals surface area contributed by atoms with Crippen molar-refractivity contribution in [3.05, 3.63) is 40.9 Å². The summed E-state index contributed by atoms with van der Waals surface area (Å²) in [7, 11) is -3.25. The van der Waals surface area contributed by atoms with Gasteiger partial charge in [-0.05, 0) is 40.2 Å². The number of pyridine rings is 1. The van der Waals surface area contributed by atoms with Crippen LogP contribution in [0.15, 0.2) is 44.6 Å². The monoisotopic (exact) mass is 330 g/mol. The van der Waals surface area contributed by atoms with Crippen molar-refractivity contribution in [3.8, 4) is 0 Å². The molecular weight excluding hydrogens is 320 g/mol. The second-order valence-corrected chi connectivity index (χ2v) is 6.46. The maximum Gasteiger partial charge on any atom is 0.192 e. The van der Waals surface area contributed by atoms with Crippen molar-refractivity contribution in [2.75, 3.05) is 11.6 Å². The fourth-order valence-electron chi connectivity index (χ4n) is 1.34. The summed E-state index contributed by atoms with van der Waals surface area (Å²) in [5.74, 6) is 0.772. The average molecular weight is 331 g/mol. The molecule has 0 spiro atoms. The predicted octanol–water partition coefficient (Wildman–Crippen LogP) is 2.45. The van der Waals surface area contributed by atoms with E-state index in [4.69, 9.17) is 4.42 Å². The molecule has 0 aromatic carbocycles. The summed E-state index contributed by atoms with van der Waals surface area (Å²) in [5, 5.41) is 3.14. The third kappa shape index (κ3) is 3.33. The van der Waals surface area contributed by atoms with Crippen LogP contribution in [0.25, 0.3) is 0 Å². The molecule has 1 N–H and O–H groups in total. The van der Waals surface area contributed by atoms with Crippen LogP contribution in [0.2, 0.25) is 0 Å². The van der Waals surface area contributed by atoms with Crippen molar-refractivity contribution in [3.63, 3.8) is 0 Å². The minimum atomic E-state index is -3.25. The summed E-state index contributed by atoms with van der Waals surface area (Å²) in [4.78, 5) is 3.88. The molecule has 0 aliphatic carbocycles. The van der Waals surface area contributed by atoms with Gasteiger partial charge < -0.3 is 9.73 Å². The van der Waals surface area contributed by atoms with Crippen LogP contribution in [0.1, 0.15) is 5.76 Å². The number of nitrogens with zero attached hydrogens (tertiary/aromatic N) is 1. The SMILES string of the molecule is CS(=O)(=O)c1ccc(NCc2ccc(Br)o2)cn1. The highest BCUT2D eigenvalue weighted by molar-refractivity contribution is 9.10. The molecule has 0 atom stereocenters. The lowest BCUT2D eigenvalue weighted by Crippen LogP contribution is -2.02. The van der Waals surface area contributed by atoms with Gasteiger partial charge in [-0.15, -0.1) is 0 Å². The smallest absolute Gasteiger partial charge is 0.192 e. The molecule has 0 unspecified atom stereocenters. The first-order chi connectivity index (χ1) is 8.45. The number of aromatic nitrogens is 1. The Morgan fingerprint density at radius 3 is 2.61 bits per heavy atom. The standard InChI is InChI=1S/C11H11BrN2O3S/c1-18(15,16)11-5-2-8(6-14-11)13-7-9-3-4-10(12)17-9/h2-6,13H,7H2,1H3. The van der Waals surface area contributed by atoms with Crippen LogP contribution in [0.5, 0.6) is 0 Å². The molecule has 2 rings (SSSR count). The van der Waals surface area contributed by atoms with Crippen LogP contribution < -0.4 is 5.32 Å². The van der Waals surface area contributed by atoms with Crippen LogP contribution in [0, 0.1) is 0 Å². The minimum Gasteiger partial charge on any atom is -0.452 e. The normalized spacial score (nSPS) is 11.4. The molecule has 96 valence electrons. The quantitative estimate of drug-likeness (QED) is 0.932. The maximum absolute atomic E-state index is 11.2. The minimum absolute atomic E-state index is 0.0637. The number of sulfone groups is 1. The second-order valence-electron chi connectivity index (χ2n) is 3.72. The largest absolute Gasteiger partial charge is 0.452 e. The zero-order valence-corrected chi connectivity index (χ0v) is 12.0. The Hall–Kier alpha value is -1.34. The second kappa shape index (κ2) is 5.11. The fraction of sp³-hybridized carbons (Fsp3) is 0.182. The lowest BCUT2D eigenvalue weighted by Gasteiger charge is -2.04. The van der Waals surface area contributed by atoms with Crippen molar-refractivity contribution in [1.29, 1.82) is 0 Å². The first-order valence-electron chi connectivity index (χ1n) is 5.09. The molecule has 0 saturated carbocycles. The van der Waals surface area contributed by atoms with E-state index in [1.165, 1.54) is 12.3 Å². The highest BCUT2D eigenvalue weighted by Gasteiger charge is 2.08. The molecule has 18 heavy (non-hydrogen) atoms. The summed E-state index contributed by atoms with van der Waals surface area (Å²) in [6.07, 6.45) is 2.61. The highest BCUT2D eigenvalue weighted by atomic mass is 79.9. The van der Waals surface area contributed by atoms with Crippen LogP contribution in [-0.2, 0) is 16.4 Å². The van der Waals surface area contributed by atoms with Gasteiger partial charge in [0.25, 0.3) is 0 Å². The van der Waals surface area contributed by atoms with Crippen molar-refractivity contribution < 1.29 is 12.8 Å². The number of furan rings is 1. The van der Waals surface area contributed by atoms with Gasteiger partial charge in [0.1, 0.15) is 5.76 Å². The molecule has 5 nitrogen and oxygen atoms in total. The lowest BCUT2D eigenvalue weighted by molar-refractivity contribution is 0.495. The maximum atomic E-state index is 11.2. The molecule has 0 fully saturated rings. The molecule has 0 saturated heterocycles. The van der Waals surface area contributed by atoms with Gasteiger partial charge in [0.05, 0.1) is 18.4 Å². The Morgan fingerprint density at radius 1 is 1.33 bits per heavy atom. The third-order valence-corrected chi connectivity index (χ3v) is 3.64. The van der Waals surface area contributed by atoms with Gasteiger partial charge >= 0.3 is 0 Å². The summed E-state index contributed by atoms with van der Waals surface area (Å²) in [5.41, 5.74) is 0.731. The summed E-state index contributed by atoms with van der Waals surface area (Å²) < 4.78 is 28.4. The number of halogens is 1. The van der Waals surface area contributed by atoms with Crippen molar-refractivity contribution in [2.45, 2.75) is 11.6 Å². The molecule has 2 aromatic rings. The molecule has 0 radical (unpaired) electrons. The van der Waals surface area contributed by atoms with Gasteiger partial charge in [-0.25, -0.2) is 13.4 Å². The molecule has 0 amide bonds. The van der Waals surface area contributed by atoms with E-state index in [1.54, 1.807) is 6.07 Å². The molecule has 2 heterocycles. The molecule has 0 bridgehead atoms. The number of hydrogen-bond acceptors (Lipinski definition) is 5. The molecule has 0 aliphatic rings. The van der Waals surface area contributed by atoms with Gasteiger partial charge in [0.15, 0.2) is 19.5 Å². The van der Waals surface area contributed by atoms with Crippen LogP contribution >= 0.6 is 15.9 Å². The summed E-state index contributed by atoms with van der Waals surface area (Å²) in [6.45, 7) is 0.505. The van der Waals surface area contributed by atoms with E-state index in [0.29, 0.717) is 11.2 Å². The van der Waals surface area contributed by atoms with E-state index in [2.05, 4.69) is 26.2 Å². The zero-order chi connectivity index (χ0) is 13.2. The number of rotatable bonds is 4. The van der Waals surface area contributed by atoms with E-state index < -0.39 is 9.84 Å². The van der Waals surface area contributed by atoms with Gasteiger partial charge in [-0.2, -0.15) is 0 Å². The van der Waals surface area contributed by atoms with Crippen molar-refractivity contribution in [1.82, 2.24) is 4.98 Å². The Kier molecular flexibility index (Phi) is 3.72. The molecule has 2 aromatic heterocycles. The third-order valence-electron chi connectivity index (χ3n) is 2.21. The van der Waals surface area contributed by atoms with E-state index in [9.17, 15) is 8.42 Å². The van der Waals surface area contributed by atoms with Crippen LogP contribution in [-0.4, -0.2) is 19.7 Å².